The summed E-state index contributed by atoms with van der Waals surface area (Å²) < 4.78 is 0. The number of carbonyl (C=O) groups is 1. The molecule has 5 nitrogen and oxygen atoms in total. The molecule has 0 saturated heterocycles. The van der Waals surface area contributed by atoms with Gasteiger partial charge in [0.1, 0.15) is 10.7 Å². The molecule has 0 bridgehead atoms. The number of hydrogen-bond acceptors (Lipinski definition) is 4. The molecule has 1 N–H and O–H groups in total. The molecule has 2 aromatic heterocycles. The van der Waals surface area contributed by atoms with E-state index in [0.717, 1.165) is 47.4 Å². The van der Waals surface area contributed by atoms with E-state index in [1.54, 1.807) is 11.3 Å². The van der Waals surface area contributed by atoms with Crippen LogP contribution in [0.1, 0.15) is 61.2 Å². The number of nitrogens with zero attached hydrogens (tertiary/aromatic N) is 2. The van der Waals surface area contributed by atoms with Gasteiger partial charge in [-0.05, 0) is 45.1 Å². The van der Waals surface area contributed by atoms with Crippen LogP contribution in [0, 0.1) is 19.8 Å². The number of aromatic nitrogens is 2. The second-order valence-electron chi connectivity index (χ2n) is 7.51. The van der Waals surface area contributed by atoms with Crippen molar-refractivity contribution in [3.8, 4) is 0 Å². The molecule has 2 heterocycles. The zero-order valence-corrected chi connectivity index (χ0v) is 15.7. The van der Waals surface area contributed by atoms with Crippen molar-refractivity contribution in [3.05, 3.63) is 26.6 Å². The zero-order chi connectivity index (χ0) is 17.6. The van der Waals surface area contributed by atoms with Crippen molar-refractivity contribution in [1.29, 1.82) is 0 Å². The van der Waals surface area contributed by atoms with E-state index in [1.165, 1.54) is 12.8 Å². The number of aryl methyl sites for hydroxylation is 2. The molecule has 0 spiro atoms. The van der Waals surface area contributed by atoms with Crippen LogP contribution in [-0.2, 0) is 11.3 Å². The first-order valence-corrected chi connectivity index (χ1v) is 10.2. The molecule has 2 saturated carbocycles. The Morgan fingerprint density at radius 3 is 2.56 bits per heavy atom. The number of H-pyrrole nitrogens is 1. The van der Waals surface area contributed by atoms with Crippen LogP contribution >= 0.6 is 11.3 Å². The highest BCUT2D eigenvalue weighted by Crippen LogP contribution is 2.33. The number of carbonyl (C=O) groups excluding carboxylic acids is 1. The molecule has 0 aliphatic heterocycles. The summed E-state index contributed by atoms with van der Waals surface area (Å²) in [7, 11) is 0. The molecule has 6 heteroatoms. The van der Waals surface area contributed by atoms with Gasteiger partial charge in [-0.1, -0.05) is 19.3 Å². The molecule has 0 atom stereocenters. The van der Waals surface area contributed by atoms with Crippen molar-refractivity contribution >= 4 is 27.5 Å². The average Bonchev–Trinajstić information content (AvgIpc) is 3.12. The molecule has 0 radical (unpaired) electrons. The summed E-state index contributed by atoms with van der Waals surface area (Å²) in [4.78, 5) is 37.0. The molecule has 134 valence electrons. The van der Waals surface area contributed by atoms with Gasteiger partial charge in [-0.25, -0.2) is 4.98 Å². The van der Waals surface area contributed by atoms with Gasteiger partial charge in [-0.3, -0.25) is 9.59 Å². The van der Waals surface area contributed by atoms with Gasteiger partial charge < -0.3 is 9.88 Å². The zero-order valence-electron chi connectivity index (χ0n) is 14.9. The Kier molecular flexibility index (Phi) is 4.40. The van der Waals surface area contributed by atoms with Gasteiger partial charge in [-0.2, -0.15) is 0 Å². The minimum Gasteiger partial charge on any atom is -0.332 e. The third-order valence-corrected chi connectivity index (χ3v) is 7.01. The number of nitrogens with one attached hydrogen (secondary N) is 1. The molecule has 1 amide bonds. The van der Waals surface area contributed by atoms with Crippen LogP contribution in [0.4, 0.5) is 0 Å². The fourth-order valence-corrected chi connectivity index (χ4v) is 5.08. The van der Waals surface area contributed by atoms with E-state index < -0.39 is 0 Å². The van der Waals surface area contributed by atoms with E-state index in [1.807, 2.05) is 18.7 Å². The minimum absolute atomic E-state index is 0.0793. The van der Waals surface area contributed by atoms with Gasteiger partial charge >= 0.3 is 0 Å². The van der Waals surface area contributed by atoms with Gasteiger partial charge in [0, 0.05) is 16.8 Å². The second-order valence-corrected chi connectivity index (χ2v) is 8.71. The van der Waals surface area contributed by atoms with Crippen molar-refractivity contribution in [2.24, 2.45) is 5.92 Å². The molecular formula is C19H25N3O2S. The van der Waals surface area contributed by atoms with E-state index in [4.69, 9.17) is 0 Å². The maximum absolute atomic E-state index is 12.9. The smallest absolute Gasteiger partial charge is 0.259 e. The summed E-state index contributed by atoms with van der Waals surface area (Å²) in [6, 6.07) is 0.306. The van der Waals surface area contributed by atoms with Crippen LogP contribution in [0.3, 0.4) is 0 Å². The average molecular weight is 359 g/mol. The van der Waals surface area contributed by atoms with Crippen molar-refractivity contribution in [2.75, 3.05) is 0 Å². The van der Waals surface area contributed by atoms with Crippen LogP contribution < -0.4 is 5.56 Å². The summed E-state index contributed by atoms with van der Waals surface area (Å²) in [5, 5.41) is 0.698. The van der Waals surface area contributed by atoms with Crippen LogP contribution in [0.2, 0.25) is 0 Å². The number of rotatable bonds is 4. The number of amides is 1. The lowest BCUT2D eigenvalue weighted by Crippen LogP contribution is -2.44. The molecular weight excluding hydrogens is 334 g/mol. The molecule has 0 unspecified atom stereocenters. The lowest BCUT2D eigenvalue weighted by molar-refractivity contribution is -0.141. The normalized spacial score (nSPS) is 18.6. The van der Waals surface area contributed by atoms with E-state index in [-0.39, 0.29) is 17.4 Å². The van der Waals surface area contributed by atoms with Gasteiger partial charge in [-0.15, -0.1) is 11.3 Å². The third kappa shape index (κ3) is 3.01. The Morgan fingerprint density at radius 1 is 1.20 bits per heavy atom. The molecule has 2 aliphatic rings. The molecule has 4 rings (SSSR count). The maximum Gasteiger partial charge on any atom is 0.259 e. The first-order chi connectivity index (χ1) is 12.0. The number of thiophene rings is 1. The van der Waals surface area contributed by atoms with Gasteiger partial charge in [0.05, 0.1) is 11.9 Å². The largest absolute Gasteiger partial charge is 0.332 e. The quantitative estimate of drug-likeness (QED) is 0.906. The van der Waals surface area contributed by atoms with Crippen molar-refractivity contribution in [1.82, 2.24) is 14.9 Å². The molecule has 2 fully saturated rings. The fourth-order valence-electron chi connectivity index (χ4n) is 4.03. The Morgan fingerprint density at radius 2 is 1.92 bits per heavy atom. The predicted octanol–water partition coefficient (Wildman–Crippen LogP) is 3.67. The monoisotopic (exact) mass is 359 g/mol. The summed E-state index contributed by atoms with van der Waals surface area (Å²) >= 11 is 1.56. The predicted molar refractivity (Wildman–Crippen MR) is 99.9 cm³/mol. The molecule has 25 heavy (non-hydrogen) atoms. The second kappa shape index (κ2) is 6.56. The van der Waals surface area contributed by atoms with Crippen molar-refractivity contribution in [3.63, 3.8) is 0 Å². The minimum atomic E-state index is -0.0793. The Hall–Kier alpha value is -1.69. The first kappa shape index (κ1) is 16.8. The number of hydrogen-bond donors (Lipinski definition) is 1. The standard InChI is InChI=1S/C19H25N3O2S/c1-11-12(2)25-18-16(11)17(23)20-15(21-18)10-22(14-8-3-4-9-14)19(24)13-6-5-7-13/h13-14H,3-10H2,1-2H3,(H,20,21,23). The van der Waals surface area contributed by atoms with Gasteiger partial charge in [0.25, 0.3) is 5.56 Å². The van der Waals surface area contributed by atoms with Crippen LogP contribution in [0.15, 0.2) is 4.79 Å². The number of fused-ring (bicyclic) bond motifs is 1. The summed E-state index contributed by atoms with van der Waals surface area (Å²) in [6.07, 6.45) is 7.69. The van der Waals surface area contributed by atoms with Crippen LogP contribution in [0.25, 0.3) is 10.2 Å². The Labute approximate surface area is 151 Å². The Bertz CT molecular complexity index is 859. The summed E-state index contributed by atoms with van der Waals surface area (Å²) in [5.41, 5.74) is 0.933. The van der Waals surface area contributed by atoms with Crippen LogP contribution in [0.5, 0.6) is 0 Å². The van der Waals surface area contributed by atoms with Crippen LogP contribution in [-0.4, -0.2) is 26.8 Å². The number of aromatic amines is 1. The van der Waals surface area contributed by atoms with E-state index in [0.29, 0.717) is 23.8 Å². The lowest BCUT2D eigenvalue weighted by Gasteiger charge is -2.35. The van der Waals surface area contributed by atoms with Crippen molar-refractivity contribution in [2.45, 2.75) is 71.4 Å². The Balaban J connectivity index is 1.66. The molecule has 2 aromatic rings. The van der Waals surface area contributed by atoms with Gasteiger partial charge in [0.15, 0.2) is 0 Å². The van der Waals surface area contributed by atoms with E-state index in [9.17, 15) is 9.59 Å². The van der Waals surface area contributed by atoms with Gasteiger partial charge in [0.2, 0.25) is 5.91 Å². The lowest BCUT2D eigenvalue weighted by atomic mass is 9.84. The van der Waals surface area contributed by atoms with E-state index in [2.05, 4.69) is 9.97 Å². The highest BCUT2D eigenvalue weighted by molar-refractivity contribution is 7.18. The summed E-state index contributed by atoms with van der Waals surface area (Å²) in [5.74, 6) is 1.07. The highest BCUT2D eigenvalue weighted by Gasteiger charge is 2.34. The molecule has 0 aromatic carbocycles. The summed E-state index contributed by atoms with van der Waals surface area (Å²) in [6.45, 7) is 4.42. The highest BCUT2D eigenvalue weighted by atomic mass is 32.1. The fraction of sp³-hybridized carbons (Fsp3) is 0.632. The topological polar surface area (TPSA) is 66.1 Å². The third-order valence-electron chi connectivity index (χ3n) is 5.91. The first-order valence-electron chi connectivity index (χ1n) is 9.34. The maximum atomic E-state index is 12.9. The van der Waals surface area contributed by atoms with Crippen molar-refractivity contribution < 1.29 is 4.79 Å². The SMILES string of the molecule is Cc1sc2nc(CN(C(=O)C3CCC3)C3CCCC3)[nH]c(=O)c2c1C. The van der Waals surface area contributed by atoms with E-state index >= 15 is 0 Å². The molecule has 2 aliphatic carbocycles.